The minimum absolute atomic E-state index is 0.120. The van der Waals surface area contributed by atoms with E-state index >= 15 is 0 Å². The number of nitrogens with zero attached hydrogens (tertiary/aromatic N) is 1. The predicted molar refractivity (Wildman–Crippen MR) is 86.8 cm³/mol. The first-order valence-corrected chi connectivity index (χ1v) is 7.96. The van der Waals surface area contributed by atoms with Crippen LogP contribution in [0.15, 0.2) is 29.2 Å². The van der Waals surface area contributed by atoms with Crippen LogP contribution in [0.1, 0.15) is 12.5 Å². The van der Waals surface area contributed by atoms with Gasteiger partial charge in [0.05, 0.1) is 18.5 Å². The first-order valence-electron chi connectivity index (χ1n) is 7.08. The highest BCUT2D eigenvalue weighted by Crippen LogP contribution is 2.24. The van der Waals surface area contributed by atoms with Crippen LogP contribution in [0.25, 0.3) is 0 Å². The molecule has 0 aliphatic rings. The fraction of sp³-hybridized carbons (Fsp3) is 0.562. The normalized spacial score (nSPS) is 12.2. The van der Waals surface area contributed by atoms with Crippen LogP contribution in [0.2, 0.25) is 0 Å². The van der Waals surface area contributed by atoms with Gasteiger partial charge in [0, 0.05) is 32.2 Å². The van der Waals surface area contributed by atoms with Crippen molar-refractivity contribution < 1.29 is 14.3 Å². The number of amides is 1. The Morgan fingerprint density at radius 2 is 1.67 bits per heavy atom. The van der Waals surface area contributed by atoms with Crippen LogP contribution in [0.5, 0.6) is 0 Å². The van der Waals surface area contributed by atoms with Crippen LogP contribution in [-0.2, 0) is 14.3 Å². The summed E-state index contributed by atoms with van der Waals surface area (Å²) in [7, 11) is 3.28. The summed E-state index contributed by atoms with van der Waals surface area (Å²) in [5.74, 6) is 0.120. The molecule has 0 saturated heterocycles. The van der Waals surface area contributed by atoms with Gasteiger partial charge in [0.25, 0.3) is 0 Å². The van der Waals surface area contributed by atoms with Crippen LogP contribution in [-0.4, -0.2) is 56.6 Å². The smallest absolute Gasteiger partial charge is 0.235 e. The van der Waals surface area contributed by atoms with Crippen molar-refractivity contribution in [2.75, 3.05) is 40.5 Å². The number of thioether (sulfide) groups is 1. The number of rotatable bonds is 9. The van der Waals surface area contributed by atoms with Gasteiger partial charge in [-0.2, -0.15) is 0 Å². The van der Waals surface area contributed by atoms with Gasteiger partial charge in [0.2, 0.25) is 5.91 Å². The highest BCUT2D eigenvalue weighted by molar-refractivity contribution is 8.00. The maximum absolute atomic E-state index is 12.5. The quantitative estimate of drug-likeness (QED) is 0.657. The van der Waals surface area contributed by atoms with Crippen LogP contribution in [0.4, 0.5) is 0 Å². The van der Waals surface area contributed by atoms with Crippen molar-refractivity contribution in [3.8, 4) is 0 Å². The Morgan fingerprint density at radius 3 is 2.14 bits per heavy atom. The standard InChI is InChI=1S/C16H25NO3S/c1-13-5-7-15(8-6-13)21-14(2)16(18)17(9-11-19-3)10-12-20-4/h5-8,14H,9-12H2,1-4H3. The van der Waals surface area contributed by atoms with Gasteiger partial charge in [-0.25, -0.2) is 0 Å². The topological polar surface area (TPSA) is 38.8 Å². The number of benzene rings is 1. The summed E-state index contributed by atoms with van der Waals surface area (Å²) in [4.78, 5) is 15.4. The van der Waals surface area contributed by atoms with E-state index in [1.54, 1.807) is 30.9 Å². The Balaban J connectivity index is 2.60. The van der Waals surface area contributed by atoms with E-state index < -0.39 is 0 Å². The number of hydrogen-bond donors (Lipinski definition) is 0. The molecule has 0 aliphatic carbocycles. The van der Waals surface area contributed by atoms with Gasteiger partial charge in [0.1, 0.15) is 0 Å². The summed E-state index contributed by atoms with van der Waals surface area (Å²) in [6.45, 7) is 6.27. The molecule has 118 valence electrons. The lowest BCUT2D eigenvalue weighted by Gasteiger charge is -2.25. The van der Waals surface area contributed by atoms with Gasteiger partial charge in [-0.3, -0.25) is 4.79 Å². The molecule has 1 aromatic carbocycles. The number of carbonyl (C=O) groups is 1. The molecule has 0 saturated carbocycles. The van der Waals surface area contributed by atoms with E-state index in [1.165, 1.54) is 5.56 Å². The average molecular weight is 311 g/mol. The minimum atomic E-state index is -0.124. The van der Waals surface area contributed by atoms with Crippen molar-refractivity contribution in [1.29, 1.82) is 0 Å². The van der Waals surface area contributed by atoms with Gasteiger partial charge in [-0.05, 0) is 26.0 Å². The molecule has 1 aromatic rings. The highest BCUT2D eigenvalue weighted by atomic mass is 32.2. The second-order valence-electron chi connectivity index (χ2n) is 4.88. The van der Waals surface area contributed by atoms with Gasteiger partial charge in [-0.1, -0.05) is 17.7 Å². The lowest BCUT2D eigenvalue weighted by molar-refractivity contribution is -0.131. The first-order chi connectivity index (χ1) is 10.1. The van der Waals surface area contributed by atoms with Crippen LogP contribution in [0, 0.1) is 6.92 Å². The molecule has 0 spiro atoms. The van der Waals surface area contributed by atoms with E-state index in [9.17, 15) is 4.79 Å². The molecule has 1 rings (SSSR count). The molecule has 5 heteroatoms. The van der Waals surface area contributed by atoms with E-state index in [-0.39, 0.29) is 11.2 Å². The summed E-state index contributed by atoms with van der Waals surface area (Å²) >= 11 is 1.58. The summed E-state index contributed by atoms with van der Waals surface area (Å²) in [5, 5.41) is -0.124. The average Bonchev–Trinajstić information content (AvgIpc) is 2.49. The maximum Gasteiger partial charge on any atom is 0.235 e. The van der Waals surface area contributed by atoms with Crippen molar-refractivity contribution in [3.63, 3.8) is 0 Å². The van der Waals surface area contributed by atoms with Gasteiger partial charge < -0.3 is 14.4 Å². The van der Waals surface area contributed by atoms with E-state index in [2.05, 4.69) is 31.2 Å². The molecule has 21 heavy (non-hydrogen) atoms. The first kappa shape index (κ1) is 18.0. The molecule has 0 aliphatic heterocycles. The van der Waals surface area contributed by atoms with Gasteiger partial charge in [-0.15, -0.1) is 11.8 Å². The second-order valence-corrected chi connectivity index (χ2v) is 6.30. The third-order valence-corrected chi connectivity index (χ3v) is 4.22. The molecular weight excluding hydrogens is 286 g/mol. The molecule has 0 bridgehead atoms. The lowest BCUT2D eigenvalue weighted by atomic mass is 10.2. The fourth-order valence-corrected chi connectivity index (χ4v) is 2.81. The summed E-state index contributed by atoms with van der Waals surface area (Å²) in [6, 6.07) is 8.23. The molecule has 0 N–H and O–H groups in total. The van der Waals surface area contributed by atoms with Crippen LogP contribution in [0.3, 0.4) is 0 Å². The molecule has 0 aromatic heterocycles. The fourth-order valence-electron chi connectivity index (χ4n) is 1.86. The zero-order chi connectivity index (χ0) is 15.7. The SMILES string of the molecule is COCCN(CCOC)C(=O)C(C)Sc1ccc(C)cc1. The Bertz CT molecular complexity index is 414. The highest BCUT2D eigenvalue weighted by Gasteiger charge is 2.21. The number of ether oxygens (including phenoxy) is 2. The van der Waals surface area contributed by atoms with Crippen molar-refractivity contribution in [1.82, 2.24) is 4.90 Å². The maximum atomic E-state index is 12.5. The van der Waals surface area contributed by atoms with Crippen LogP contribution >= 0.6 is 11.8 Å². The van der Waals surface area contributed by atoms with Gasteiger partial charge >= 0.3 is 0 Å². The minimum Gasteiger partial charge on any atom is -0.383 e. The Hall–Kier alpha value is -1.04. The Labute approximate surface area is 131 Å². The second kappa shape index (κ2) is 9.82. The van der Waals surface area contributed by atoms with E-state index in [0.717, 1.165) is 4.90 Å². The van der Waals surface area contributed by atoms with Crippen molar-refractivity contribution >= 4 is 17.7 Å². The lowest BCUT2D eigenvalue weighted by Crippen LogP contribution is -2.40. The summed E-state index contributed by atoms with van der Waals surface area (Å²) < 4.78 is 10.1. The van der Waals surface area contributed by atoms with E-state index in [4.69, 9.17) is 9.47 Å². The monoisotopic (exact) mass is 311 g/mol. The molecule has 1 atom stereocenters. The van der Waals surface area contributed by atoms with Crippen molar-refractivity contribution in [2.45, 2.75) is 24.0 Å². The van der Waals surface area contributed by atoms with Crippen molar-refractivity contribution in [2.24, 2.45) is 0 Å². The Morgan fingerprint density at radius 1 is 1.14 bits per heavy atom. The van der Waals surface area contributed by atoms with Gasteiger partial charge in [0.15, 0.2) is 0 Å². The zero-order valence-corrected chi connectivity index (χ0v) is 14.1. The molecule has 0 heterocycles. The van der Waals surface area contributed by atoms with E-state index in [1.807, 2.05) is 6.92 Å². The third kappa shape index (κ3) is 6.50. The zero-order valence-electron chi connectivity index (χ0n) is 13.3. The largest absolute Gasteiger partial charge is 0.383 e. The van der Waals surface area contributed by atoms with Crippen molar-refractivity contribution in [3.05, 3.63) is 29.8 Å². The third-order valence-electron chi connectivity index (χ3n) is 3.12. The number of methoxy groups -OCH3 is 2. The number of hydrogen-bond acceptors (Lipinski definition) is 4. The number of aryl methyl sites for hydroxylation is 1. The summed E-state index contributed by atoms with van der Waals surface area (Å²) in [5.41, 5.74) is 1.22. The van der Waals surface area contributed by atoms with Crippen LogP contribution < -0.4 is 0 Å². The Kier molecular flexibility index (Phi) is 8.42. The molecular formula is C16H25NO3S. The molecule has 4 nitrogen and oxygen atoms in total. The number of carbonyl (C=O) groups excluding carboxylic acids is 1. The molecule has 1 unspecified atom stereocenters. The summed E-state index contributed by atoms with van der Waals surface area (Å²) in [6.07, 6.45) is 0. The van der Waals surface area contributed by atoms with E-state index in [0.29, 0.717) is 26.3 Å². The molecule has 0 radical (unpaired) electrons. The molecule has 1 amide bonds. The predicted octanol–water partition coefficient (Wildman–Crippen LogP) is 2.60. The molecule has 0 fully saturated rings.